The van der Waals surface area contributed by atoms with Gasteiger partial charge in [-0.25, -0.2) is 0 Å². The van der Waals surface area contributed by atoms with Crippen molar-refractivity contribution in [3.8, 4) is 5.75 Å². The van der Waals surface area contributed by atoms with Crippen LogP contribution in [-0.2, 0) is 17.4 Å². The average molecular weight is 309 g/mol. The molecule has 0 radical (unpaired) electrons. The maximum absolute atomic E-state index is 12.6. The predicted octanol–water partition coefficient (Wildman–Crippen LogP) is 3.90. The van der Waals surface area contributed by atoms with Crippen LogP contribution < -0.4 is 5.32 Å². The van der Waals surface area contributed by atoms with E-state index in [1.807, 2.05) is 0 Å². The lowest BCUT2D eigenvalue weighted by atomic mass is 10.1. The minimum Gasteiger partial charge on any atom is -0.506 e. The van der Waals surface area contributed by atoms with Crippen LogP contribution in [-0.4, -0.2) is 11.0 Å². The smallest absolute Gasteiger partial charge is 0.416 e. The summed E-state index contributed by atoms with van der Waals surface area (Å²) in [4.78, 5) is 11.9. The molecule has 0 saturated carbocycles. The minimum atomic E-state index is -4.44. The number of phenolic OH excluding ortho intramolecular Hbond substituents is 1. The normalized spacial score (nSPS) is 11.3. The first kappa shape index (κ1) is 15.9. The van der Waals surface area contributed by atoms with Crippen molar-refractivity contribution < 1.29 is 23.1 Å². The first-order chi connectivity index (χ1) is 10.3. The summed E-state index contributed by atoms with van der Waals surface area (Å²) in [5.41, 5.74) is 0.505. The van der Waals surface area contributed by atoms with Crippen molar-refractivity contribution in [3.63, 3.8) is 0 Å². The third kappa shape index (κ3) is 4.00. The molecule has 0 aliphatic carbocycles. The fraction of sp³-hybridized carbons (Fsp3) is 0.188. The number of aryl methyl sites for hydroxylation is 1. The van der Waals surface area contributed by atoms with Crippen molar-refractivity contribution in [2.24, 2.45) is 0 Å². The number of phenols is 1. The molecule has 0 aromatic heterocycles. The molecule has 116 valence electrons. The molecule has 6 heteroatoms. The first-order valence-electron chi connectivity index (χ1n) is 6.51. The van der Waals surface area contributed by atoms with Crippen LogP contribution in [0.1, 0.15) is 16.7 Å². The van der Waals surface area contributed by atoms with Gasteiger partial charge in [-0.3, -0.25) is 4.79 Å². The van der Waals surface area contributed by atoms with E-state index >= 15 is 0 Å². The van der Waals surface area contributed by atoms with Crippen molar-refractivity contribution in [2.45, 2.75) is 19.5 Å². The lowest BCUT2D eigenvalue weighted by Gasteiger charge is -2.10. The van der Waals surface area contributed by atoms with Crippen LogP contribution in [0.25, 0.3) is 0 Å². The molecule has 2 aromatic rings. The number of hydrogen-bond acceptors (Lipinski definition) is 2. The third-order valence-corrected chi connectivity index (χ3v) is 3.05. The van der Waals surface area contributed by atoms with Gasteiger partial charge in [-0.15, -0.1) is 0 Å². The molecule has 0 fully saturated rings. The molecule has 0 unspecified atom stereocenters. The number of benzene rings is 2. The number of alkyl halides is 3. The summed E-state index contributed by atoms with van der Waals surface area (Å²) < 4.78 is 37.8. The van der Waals surface area contributed by atoms with Crippen LogP contribution in [0, 0.1) is 6.92 Å². The lowest BCUT2D eigenvalue weighted by Crippen LogP contribution is -2.15. The van der Waals surface area contributed by atoms with Gasteiger partial charge in [-0.1, -0.05) is 24.3 Å². The summed E-state index contributed by atoms with van der Waals surface area (Å²) in [6.45, 7) is 1.79. The fourth-order valence-corrected chi connectivity index (χ4v) is 1.98. The highest BCUT2D eigenvalue weighted by Gasteiger charge is 2.30. The molecule has 22 heavy (non-hydrogen) atoms. The van der Waals surface area contributed by atoms with E-state index in [-0.39, 0.29) is 23.4 Å². The Hall–Kier alpha value is -2.50. The van der Waals surface area contributed by atoms with Gasteiger partial charge in [0.25, 0.3) is 0 Å². The molecule has 0 saturated heterocycles. The third-order valence-electron chi connectivity index (χ3n) is 3.05. The predicted molar refractivity (Wildman–Crippen MR) is 76.6 cm³/mol. The van der Waals surface area contributed by atoms with Crippen molar-refractivity contribution in [1.82, 2.24) is 0 Å². The number of amides is 1. The molecule has 0 spiro atoms. The molecule has 0 aliphatic heterocycles. The van der Waals surface area contributed by atoms with Gasteiger partial charge in [0.1, 0.15) is 5.75 Å². The van der Waals surface area contributed by atoms with Gasteiger partial charge >= 0.3 is 6.18 Å². The Balaban J connectivity index is 2.09. The van der Waals surface area contributed by atoms with Crippen molar-refractivity contribution in [2.75, 3.05) is 5.32 Å². The quantitative estimate of drug-likeness (QED) is 0.845. The Labute approximate surface area is 125 Å². The van der Waals surface area contributed by atoms with E-state index in [0.717, 1.165) is 17.7 Å². The highest BCUT2D eigenvalue weighted by atomic mass is 19.4. The Morgan fingerprint density at radius 3 is 2.55 bits per heavy atom. The molecule has 2 rings (SSSR count). The molecule has 0 bridgehead atoms. The van der Waals surface area contributed by atoms with Crippen molar-refractivity contribution in [1.29, 1.82) is 0 Å². The zero-order chi connectivity index (χ0) is 16.3. The minimum absolute atomic E-state index is 0.0857. The fourth-order valence-electron chi connectivity index (χ4n) is 1.98. The monoisotopic (exact) mass is 309 g/mol. The number of carbonyl (C=O) groups is 1. The molecule has 1 amide bonds. The van der Waals surface area contributed by atoms with Crippen LogP contribution in [0.4, 0.5) is 18.9 Å². The highest BCUT2D eigenvalue weighted by molar-refractivity contribution is 5.93. The van der Waals surface area contributed by atoms with Crippen molar-refractivity contribution >= 4 is 11.6 Å². The summed E-state index contributed by atoms with van der Waals surface area (Å²) >= 11 is 0. The van der Waals surface area contributed by atoms with Crippen LogP contribution in [0.2, 0.25) is 0 Å². The van der Waals surface area contributed by atoms with Crippen LogP contribution >= 0.6 is 0 Å². The number of rotatable bonds is 3. The maximum Gasteiger partial charge on any atom is 0.416 e. The summed E-state index contributed by atoms with van der Waals surface area (Å²) in [5, 5.41) is 12.2. The first-order valence-corrected chi connectivity index (χ1v) is 6.51. The van der Waals surface area contributed by atoms with Gasteiger partial charge in [0, 0.05) is 0 Å². The molecule has 0 heterocycles. The number of aromatic hydroxyl groups is 1. The van der Waals surface area contributed by atoms with E-state index in [1.54, 1.807) is 13.0 Å². The molecule has 0 aliphatic rings. The van der Waals surface area contributed by atoms with Gasteiger partial charge in [0.2, 0.25) is 5.91 Å². The molecule has 2 N–H and O–H groups in total. The topological polar surface area (TPSA) is 49.3 Å². The highest BCUT2D eigenvalue weighted by Crippen LogP contribution is 2.30. The van der Waals surface area contributed by atoms with Crippen LogP contribution in [0.15, 0.2) is 42.5 Å². The number of nitrogens with one attached hydrogen (secondary N) is 1. The van der Waals surface area contributed by atoms with E-state index < -0.39 is 17.6 Å². The zero-order valence-corrected chi connectivity index (χ0v) is 11.7. The number of halogens is 3. The molecule has 3 nitrogen and oxygen atoms in total. The van der Waals surface area contributed by atoms with Gasteiger partial charge in [0.05, 0.1) is 17.7 Å². The summed E-state index contributed by atoms with van der Waals surface area (Å²) in [7, 11) is 0. The Morgan fingerprint density at radius 1 is 1.18 bits per heavy atom. The largest absolute Gasteiger partial charge is 0.506 e. The van der Waals surface area contributed by atoms with Crippen LogP contribution in [0.3, 0.4) is 0 Å². The maximum atomic E-state index is 12.6. The Bertz CT molecular complexity index is 696. The molecular formula is C16H14F3NO2. The Kier molecular flexibility index (Phi) is 4.40. The van der Waals surface area contributed by atoms with E-state index in [4.69, 9.17) is 0 Å². The van der Waals surface area contributed by atoms with E-state index in [2.05, 4.69) is 5.32 Å². The molecular weight excluding hydrogens is 295 g/mol. The Morgan fingerprint density at radius 2 is 1.91 bits per heavy atom. The van der Waals surface area contributed by atoms with Gasteiger partial charge in [-0.05, 0) is 36.2 Å². The molecule has 0 atom stereocenters. The van der Waals surface area contributed by atoms with Gasteiger partial charge < -0.3 is 10.4 Å². The molecule has 2 aromatic carbocycles. The number of anilines is 1. The SMILES string of the molecule is Cc1ccc(NC(=O)Cc2cccc(C(F)(F)F)c2)c(O)c1. The summed E-state index contributed by atoms with van der Waals surface area (Å²) in [6, 6.07) is 9.33. The summed E-state index contributed by atoms with van der Waals surface area (Å²) in [6.07, 6.45) is -4.65. The van der Waals surface area contributed by atoms with Gasteiger partial charge in [-0.2, -0.15) is 13.2 Å². The van der Waals surface area contributed by atoms with E-state index in [0.29, 0.717) is 0 Å². The second kappa shape index (κ2) is 6.09. The number of hydrogen-bond donors (Lipinski definition) is 2. The van der Waals surface area contributed by atoms with E-state index in [1.165, 1.54) is 24.3 Å². The summed E-state index contributed by atoms with van der Waals surface area (Å²) in [5.74, 6) is -0.587. The second-order valence-corrected chi connectivity index (χ2v) is 4.94. The lowest BCUT2D eigenvalue weighted by molar-refractivity contribution is -0.137. The average Bonchev–Trinajstić information content (AvgIpc) is 2.41. The zero-order valence-electron chi connectivity index (χ0n) is 11.7. The number of carbonyl (C=O) groups excluding carboxylic acids is 1. The van der Waals surface area contributed by atoms with Crippen LogP contribution in [0.5, 0.6) is 5.75 Å². The van der Waals surface area contributed by atoms with Gasteiger partial charge in [0.15, 0.2) is 0 Å². The van der Waals surface area contributed by atoms with Crippen molar-refractivity contribution in [3.05, 3.63) is 59.2 Å². The second-order valence-electron chi connectivity index (χ2n) is 4.94. The van der Waals surface area contributed by atoms with E-state index in [9.17, 15) is 23.1 Å². The standard InChI is InChI=1S/C16H14F3NO2/c1-10-5-6-13(14(21)7-10)20-15(22)9-11-3-2-4-12(8-11)16(17,18)19/h2-8,21H,9H2,1H3,(H,20,22).